The van der Waals surface area contributed by atoms with Crippen molar-refractivity contribution in [1.82, 2.24) is 4.90 Å². The fourth-order valence-electron chi connectivity index (χ4n) is 0.921. The highest BCUT2D eigenvalue weighted by Gasteiger charge is 2.25. The summed E-state index contributed by atoms with van der Waals surface area (Å²) in [6.07, 6.45) is 2.59. The normalized spacial score (nSPS) is 16.1. The molecule has 0 aromatic carbocycles. The fourth-order valence-corrected chi connectivity index (χ4v) is 0.921. The first-order valence-electron chi connectivity index (χ1n) is 3.18. The molecule has 0 unspecified atom stereocenters. The minimum Gasteiger partial charge on any atom is -0.273 e. The monoisotopic (exact) mass is 219 g/mol. The number of halogens is 1. The predicted molar refractivity (Wildman–Crippen MR) is 46.5 cm³/mol. The molecule has 0 saturated heterocycles. The third kappa shape index (κ3) is 1.89. The van der Waals surface area contributed by atoms with E-state index in [0.717, 1.165) is 0 Å². The van der Waals surface area contributed by atoms with Crippen LogP contribution in [0.4, 0.5) is 0 Å². The first kappa shape index (κ1) is 10.4. The maximum Gasteiger partial charge on any atom is 0.253 e. The number of nitrogens with zero attached hydrogens (tertiary/aromatic N) is 1. The van der Waals surface area contributed by atoms with Crippen molar-refractivity contribution < 1.29 is 9.59 Å². The summed E-state index contributed by atoms with van der Waals surface area (Å²) in [5, 5.41) is 0. The molecule has 0 atom stereocenters. The van der Waals surface area contributed by atoms with E-state index in [0.29, 0.717) is 0 Å². The molecule has 0 fully saturated rings. The number of carbonyl (C=O) groups excluding carboxylic acids is 2. The summed E-state index contributed by atoms with van der Waals surface area (Å²) in [5.74, 6) is -0.417. The van der Waals surface area contributed by atoms with Crippen LogP contribution in [0.5, 0.6) is 0 Å². The molecule has 2 amide bonds. The first-order chi connectivity index (χ1) is 4.63. The van der Waals surface area contributed by atoms with Gasteiger partial charge in [-0.2, -0.15) is 0 Å². The number of amides is 2. The molecule has 62 valence electrons. The van der Waals surface area contributed by atoms with Gasteiger partial charge < -0.3 is 0 Å². The second-order valence-corrected chi connectivity index (χ2v) is 2.47. The Kier molecular flexibility index (Phi) is 3.45. The minimum absolute atomic E-state index is 0. The SMILES string of the molecule is Br.CC(C)N1C(=O)C=CC1=O. The Bertz CT molecular complexity index is 192. The van der Waals surface area contributed by atoms with Crippen molar-refractivity contribution >= 4 is 28.8 Å². The van der Waals surface area contributed by atoms with Crippen LogP contribution in [-0.4, -0.2) is 22.8 Å². The molecular weight excluding hydrogens is 210 g/mol. The van der Waals surface area contributed by atoms with Gasteiger partial charge in [-0.1, -0.05) is 0 Å². The summed E-state index contributed by atoms with van der Waals surface area (Å²) in [6.45, 7) is 3.62. The van der Waals surface area contributed by atoms with E-state index < -0.39 is 0 Å². The Morgan fingerprint density at radius 2 is 1.55 bits per heavy atom. The van der Waals surface area contributed by atoms with Gasteiger partial charge in [0.25, 0.3) is 11.8 Å². The van der Waals surface area contributed by atoms with Crippen LogP contribution in [0.1, 0.15) is 13.8 Å². The van der Waals surface area contributed by atoms with E-state index >= 15 is 0 Å². The molecule has 0 spiro atoms. The van der Waals surface area contributed by atoms with E-state index in [9.17, 15) is 9.59 Å². The van der Waals surface area contributed by atoms with Crippen LogP contribution in [0, 0.1) is 0 Å². The molecular formula is C7H10BrNO2. The highest BCUT2D eigenvalue weighted by molar-refractivity contribution is 8.93. The first-order valence-corrected chi connectivity index (χ1v) is 3.18. The Hall–Kier alpha value is -0.640. The highest BCUT2D eigenvalue weighted by Crippen LogP contribution is 2.07. The van der Waals surface area contributed by atoms with Gasteiger partial charge in [-0.25, -0.2) is 0 Å². The van der Waals surface area contributed by atoms with Crippen molar-refractivity contribution in [1.29, 1.82) is 0 Å². The van der Waals surface area contributed by atoms with Gasteiger partial charge in [0.2, 0.25) is 0 Å². The van der Waals surface area contributed by atoms with Crippen molar-refractivity contribution in [2.45, 2.75) is 19.9 Å². The van der Waals surface area contributed by atoms with E-state index in [2.05, 4.69) is 0 Å². The molecule has 1 aliphatic rings. The maximum absolute atomic E-state index is 10.8. The van der Waals surface area contributed by atoms with Crippen LogP contribution in [0.25, 0.3) is 0 Å². The van der Waals surface area contributed by atoms with Crippen molar-refractivity contribution in [3.05, 3.63) is 12.2 Å². The van der Waals surface area contributed by atoms with Gasteiger partial charge in [-0.05, 0) is 13.8 Å². The lowest BCUT2D eigenvalue weighted by Crippen LogP contribution is -2.36. The van der Waals surface area contributed by atoms with Crippen molar-refractivity contribution in [3.63, 3.8) is 0 Å². The standard InChI is InChI=1S/C7H9NO2.BrH/c1-5(2)8-6(9)3-4-7(8)10;/h3-5H,1-2H3;1H. The molecule has 1 heterocycles. The molecule has 0 aliphatic carbocycles. The largest absolute Gasteiger partial charge is 0.273 e. The van der Waals surface area contributed by atoms with Gasteiger partial charge in [0.05, 0.1) is 0 Å². The molecule has 11 heavy (non-hydrogen) atoms. The average Bonchev–Trinajstić information content (AvgIpc) is 2.11. The van der Waals surface area contributed by atoms with Gasteiger partial charge in [-0.15, -0.1) is 17.0 Å². The second-order valence-electron chi connectivity index (χ2n) is 2.47. The summed E-state index contributed by atoms with van der Waals surface area (Å²) in [5.41, 5.74) is 0. The van der Waals surface area contributed by atoms with Crippen LogP contribution < -0.4 is 0 Å². The number of hydrogen-bond acceptors (Lipinski definition) is 2. The van der Waals surface area contributed by atoms with Crippen molar-refractivity contribution in [2.75, 3.05) is 0 Å². The predicted octanol–water partition coefficient (Wildman–Crippen LogP) is 0.898. The lowest BCUT2D eigenvalue weighted by atomic mass is 10.3. The van der Waals surface area contributed by atoms with Gasteiger partial charge in [-0.3, -0.25) is 14.5 Å². The molecule has 0 aromatic heterocycles. The number of carbonyl (C=O) groups is 2. The molecule has 0 bridgehead atoms. The van der Waals surface area contributed by atoms with Gasteiger partial charge in [0.15, 0.2) is 0 Å². The smallest absolute Gasteiger partial charge is 0.253 e. The van der Waals surface area contributed by atoms with E-state index in [-0.39, 0.29) is 34.8 Å². The lowest BCUT2D eigenvalue weighted by Gasteiger charge is -2.17. The lowest BCUT2D eigenvalue weighted by molar-refractivity contribution is -0.138. The zero-order valence-corrected chi connectivity index (χ0v) is 8.12. The Morgan fingerprint density at radius 1 is 1.18 bits per heavy atom. The number of hydrogen-bond donors (Lipinski definition) is 0. The van der Waals surface area contributed by atoms with Gasteiger partial charge >= 0.3 is 0 Å². The third-order valence-electron chi connectivity index (χ3n) is 1.36. The van der Waals surface area contributed by atoms with E-state index in [1.807, 2.05) is 13.8 Å². The van der Waals surface area contributed by atoms with E-state index in [4.69, 9.17) is 0 Å². The zero-order chi connectivity index (χ0) is 7.72. The molecule has 1 rings (SSSR count). The molecule has 0 radical (unpaired) electrons. The molecule has 4 heteroatoms. The molecule has 0 aromatic rings. The quantitative estimate of drug-likeness (QED) is 0.615. The number of rotatable bonds is 1. The summed E-state index contributed by atoms with van der Waals surface area (Å²) in [7, 11) is 0. The average molecular weight is 220 g/mol. The Morgan fingerprint density at radius 3 is 1.73 bits per heavy atom. The minimum atomic E-state index is -0.208. The van der Waals surface area contributed by atoms with Crippen molar-refractivity contribution in [2.24, 2.45) is 0 Å². The topological polar surface area (TPSA) is 37.4 Å². The summed E-state index contributed by atoms with van der Waals surface area (Å²) in [6, 6.07) is -0.0324. The van der Waals surface area contributed by atoms with Crippen LogP contribution >= 0.6 is 17.0 Å². The highest BCUT2D eigenvalue weighted by atomic mass is 79.9. The van der Waals surface area contributed by atoms with Crippen LogP contribution in [-0.2, 0) is 9.59 Å². The Balaban J connectivity index is 0.000001000. The Labute approximate surface area is 75.8 Å². The third-order valence-corrected chi connectivity index (χ3v) is 1.36. The second kappa shape index (κ2) is 3.67. The maximum atomic E-state index is 10.8. The number of imide groups is 1. The zero-order valence-electron chi connectivity index (χ0n) is 6.40. The van der Waals surface area contributed by atoms with Crippen LogP contribution in [0.2, 0.25) is 0 Å². The van der Waals surface area contributed by atoms with Gasteiger partial charge in [0.1, 0.15) is 0 Å². The molecule has 0 saturated carbocycles. The van der Waals surface area contributed by atoms with Crippen molar-refractivity contribution in [3.8, 4) is 0 Å². The molecule has 3 nitrogen and oxygen atoms in total. The van der Waals surface area contributed by atoms with E-state index in [1.165, 1.54) is 17.1 Å². The van der Waals surface area contributed by atoms with Gasteiger partial charge in [0, 0.05) is 18.2 Å². The van der Waals surface area contributed by atoms with Crippen LogP contribution in [0.3, 0.4) is 0 Å². The molecule has 1 aliphatic heterocycles. The summed E-state index contributed by atoms with van der Waals surface area (Å²) >= 11 is 0. The van der Waals surface area contributed by atoms with Crippen LogP contribution in [0.15, 0.2) is 12.2 Å². The summed E-state index contributed by atoms with van der Waals surface area (Å²) in [4.78, 5) is 22.9. The van der Waals surface area contributed by atoms with E-state index in [1.54, 1.807) is 0 Å². The molecule has 0 N–H and O–H groups in total. The summed E-state index contributed by atoms with van der Waals surface area (Å²) < 4.78 is 0. The fraction of sp³-hybridized carbons (Fsp3) is 0.429.